The van der Waals surface area contributed by atoms with Crippen LogP contribution in [0.1, 0.15) is 12.8 Å². The summed E-state index contributed by atoms with van der Waals surface area (Å²) in [7, 11) is 1.58. The molecule has 1 aliphatic rings. The number of hydrogen-bond acceptors (Lipinski definition) is 3. The number of amidine groups is 1. The van der Waals surface area contributed by atoms with E-state index >= 15 is 0 Å². The highest BCUT2D eigenvalue weighted by Gasteiger charge is 2.53. The summed E-state index contributed by atoms with van der Waals surface area (Å²) in [5, 5.41) is 3.87. The molecule has 0 saturated carbocycles. The van der Waals surface area contributed by atoms with Gasteiger partial charge in [0.25, 0.3) is 0 Å². The number of piperidine rings is 1. The van der Waals surface area contributed by atoms with Crippen molar-refractivity contribution in [2.75, 3.05) is 20.1 Å². The Kier molecular flexibility index (Phi) is 4.03. The van der Waals surface area contributed by atoms with Gasteiger partial charge in [-0.25, -0.2) is 0 Å². The quantitative estimate of drug-likeness (QED) is 0.438. The Morgan fingerprint density at radius 3 is 2.71 bits per heavy atom. The van der Waals surface area contributed by atoms with Gasteiger partial charge < -0.3 is 16.1 Å². The fraction of sp³-hybridized carbons (Fsp3) is 0.700. The highest BCUT2D eigenvalue weighted by molar-refractivity contribution is 5.92. The topological polar surface area (TPSA) is 53.7 Å². The number of hydrogen-bond donors (Lipinski definition) is 2. The van der Waals surface area contributed by atoms with Crippen molar-refractivity contribution >= 4 is 5.84 Å². The molecule has 0 bridgehead atoms. The first-order valence-corrected chi connectivity index (χ1v) is 5.31. The Bertz CT molecular complexity index is 313. The summed E-state index contributed by atoms with van der Waals surface area (Å²) in [6.45, 7) is 3.74. The minimum atomic E-state index is -4.41. The molecule has 0 spiro atoms. The Balaban J connectivity index is 2.86. The molecule has 0 aromatic carbocycles. The van der Waals surface area contributed by atoms with E-state index < -0.39 is 11.7 Å². The van der Waals surface area contributed by atoms with Crippen LogP contribution in [0, 0.1) is 0 Å². The lowest BCUT2D eigenvalue weighted by Gasteiger charge is -2.41. The number of alkyl halides is 3. The molecule has 3 N–H and O–H groups in total. The first-order chi connectivity index (χ1) is 7.84. The van der Waals surface area contributed by atoms with Crippen molar-refractivity contribution in [1.29, 1.82) is 0 Å². The largest absolute Gasteiger partial charge is 0.408 e. The number of likely N-dealkylation sites (tertiary alicyclic amines) is 1. The second-order valence-electron chi connectivity index (χ2n) is 4.08. The zero-order chi connectivity index (χ0) is 13.1. The first kappa shape index (κ1) is 13.8. The minimum Gasteiger partial charge on any atom is -0.353 e. The number of halogens is 3. The Morgan fingerprint density at radius 1 is 1.59 bits per heavy atom. The minimum absolute atomic E-state index is 0.0586. The molecule has 98 valence electrons. The first-order valence-electron chi connectivity index (χ1n) is 5.31. The third-order valence-corrected chi connectivity index (χ3v) is 2.82. The van der Waals surface area contributed by atoms with Crippen LogP contribution in [0.4, 0.5) is 13.2 Å². The zero-order valence-corrected chi connectivity index (χ0v) is 9.72. The van der Waals surface area contributed by atoms with Crippen molar-refractivity contribution in [2.24, 2.45) is 10.8 Å². The fourth-order valence-corrected chi connectivity index (χ4v) is 1.87. The molecule has 0 aromatic rings. The number of nitrogens with two attached hydrogens (primary N) is 1. The molecule has 7 heteroatoms. The van der Waals surface area contributed by atoms with E-state index in [-0.39, 0.29) is 13.0 Å². The van der Waals surface area contributed by atoms with E-state index in [0.717, 1.165) is 0 Å². The van der Waals surface area contributed by atoms with E-state index in [9.17, 15) is 13.2 Å². The van der Waals surface area contributed by atoms with Crippen LogP contribution in [0.15, 0.2) is 17.8 Å². The molecule has 0 radical (unpaired) electrons. The second-order valence-corrected chi connectivity index (χ2v) is 4.08. The molecule has 0 amide bonds. The summed E-state index contributed by atoms with van der Waals surface area (Å²) in [5.41, 5.74) is 5.81. The highest BCUT2D eigenvalue weighted by atomic mass is 19.4. The molecule has 1 fully saturated rings. The van der Waals surface area contributed by atoms with Gasteiger partial charge in [0.05, 0.1) is 0 Å². The monoisotopic (exact) mass is 250 g/mol. The maximum atomic E-state index is 12.8. The molecular weight excluding hydrogens is 233 g/mol. The molecule has 1 atom stereocenters. The number of rotatable bonds is 2. The van der Waals surface area contributed by atoms with E-state index in [1.807, 2.05) is 0 Å². The van der Waals surface area contributed by atoms with Crippen LogP contribution in [0.25, 0.3) is 0 Å². The molecule has 1 rings (SSSR count). The van der Waals surface area contributed by atoms with Crippen molar-refractivity contribution in [1.82, 2.24) is 10.3 Å². The van der Waals surface area contributed by atoms with Gasteiger partial charge in [-0.1, -0.05) is 6.58 Å². The maximum absolute atomic E-state index is 12.8. The van der Waals surface area contributed by atoms with Crippen molar-refractivity contribution < 1.29 is 13.2 Å². The van der Waals surface area contributed by atoms with E-state index in [2.05, 4.69) is 17.1 Å². The van der Waals surface area contributed by atoms with Crippen molar-refractivity contribution in [3.05, 3.63) is 12.7 Å². The molecule has 0 aromatic heterocycles. The highest BCUT2D eigenvalue weighted by Crippen LogP contribution is 2.35. The molecule has 17 heavy (non-hydrogen) atoms. The van der Waals surface area contributed by atoms with Crippen LogP contribution in [0.2, 0.25) is 0 Å². The predicted molar refractivity (Wildman–Crippen MR) is 60.5 cm³/mol. The number of nitrogens with zero attached hydrogens (tertiary/aromatic N) is 2. The van der Waals surface area contributed by atoms with Crippen LogP contribution in [0.5, 0.6) is 0 Å². The van der Waals surface area contributed by atoms with Gasteiger partial charge in [0.1, 0.15) is 11.4 Å². The SMILES string of the molecule is C=C/C(=N\NC)N1CCCC(N)(C(F)(F)F)C1. The Hall–Kier alpha value is -1.24. The van der Waals surface area contributed by atoms with Crippen LogP contribution < -0.4 is 11.2 Å². The van der Waals surface area contributed by atoms with E-state index in [1.54, 1.807) is 7.05 Å². The third kappa shape index (κ3) is 2.91. The van der Waals surface area contributed by atoms with Crippen LogP contribution in [0.3, 0.4) is 0 Å². The fourth-order valence-electron chi connectivity index (χ4n) is 1.87. The van der Waals surface area contributed by atoms with Gasteiger partial charge in [-0.05, 0) is 18.9 Å². The van der Waals surface area contributed by atoms with Crippen molar-refractivity contribution in [2.45, 2.75) is 24.6 Å². The van der Waals surface area contributed by atoms with Crippen LogP contribution in [-0.2, 0) is 0 Å². The Labute approximate surface area is 98.3 Å². The van der Waals surface area contributed by atoms with Gasteiger partial charge in [0, 0.05) is 20.1 Å². The zero-order valence-electron chi connectivity index (χ0n) is 9.72. The molecule has 1 unspecified atom stereocenters. The average Bonchev–Trinajstić information content (AvgIpc) is 2.24. The van der Waals surface area contributed by atoms with Gasteiger partial charge in [-0.2, -0.15) is 18.3 Å². The lowest BCUT2D eigenvalue weighted by atomic mass is 9.89. The smallest absolute Gasteiger partial charge is 0.353 e. The molecule has 1 saturated heterocycles. The second kappa shape index (κ2) is 4.95. The summed E-state index contributed by atoms with van der Waals surface area (Å²) < 4.78 is 38.5. The molecular formula is C10H17F3N4. The average molecular weight is 250 g/mol. The van der Waals surface area contributed by atoms with Crippen molar-refractivity contribution in [3.63, 3.8) is 0 Å². The predicted octanol–water partition coefficient (Wildman–Crippen LogP) is 1.06. The Morgan fingerprint density at radius 2 is 2.24 bits per heavy atom. The molecule has 1 aliphatic heterocycles. The van der Waals surface area contributed by atoms with Crippen LogP contribution in [-0.4, -0.2) is 42.6 Å². The van der Waals surface area contributed by atoms with Gasteiger partial charge >= 0.3 is 6.18 Å². The summed E-state index contributed by atoms with van der Waals surface area (Å²) >= 11 is 0. The molecule has 0 aliphatic carbocycles. The number of nitrogens with one attached hydrogen (secondary N) is 1. The van der Waals surface area contributed by atoms with Crippen molar-refractivity contribution in [3.8, 4) is 0 Å². The lowest BCUT2D eigenvalue weighted by Crippen LogP contribution is -2.63. The normalized spacial score (nSPS) is 26.9. The summed E-state index contributed by atoms with van der Waals surface area (Å²) in [5.74, 6) is 0.381. The van der Waals surface area contributed by atoms with Gasteiger partial charge in [-0.15, -0.1) is 0 Å². The van der Waals surface area contributed by atoms with Gasteiger partial charge in [-0.3, -0.25) is 0 Å². The maximum Gasteiger partial charge on any atom is 0.408 e. The van der Waals surface area contributed by atoms with E-state index in [0.29, 0.717) is 18.8 Å². The summed E-state index contributed by atoms with van der Waals surface area (Å²) in [6, 6.07) is 0. The van der Waals surface area contributed by atoms with E-state index in [4.69, 9.17) is 5.73 Å². The third-order valence-electron chi connectivity index (χ3n) is 2.82. The summed E-state index contributed by atoms with van der Waals surface area (Å²) in [6.07, 6.45) is -2.67. The lowest BCUT2D eigenvalue weighted by molar-refractivity contribution is -0.195. The van der Waals surface area contributed by atoms with Crippen LogP contribution >= 0.6 is 0 Å². The molecule has 4 nitrogen and oxygen atoms in total. The standard InChI is InChI=1S/C10H17F3N4/c1-3-8(16-15-2)17-6-4-5-9(14,7-17)10(11,12)13/h3,15H,1,4-7,14H2,2H3/b16-8+. The van der Waals surface area contributed by atoms with Gasteiger partial charge in [0.15, 0.2) is 0 Å². The number of hydrazone groups is 1. The summed E-state index contributed by atoms with van der Waals surface area (Å²) in [4.78, 5) is 1.50. The van der Waals surface area contributed by atoms with E-state index in [1.165, 1.54) is 11.0 Å². The van der Waals surface area contributed by atoms with Gasteiger partial charge in [0.2, 0.25) is 0 Å². The molecule has 1 heterocycles.